The molecule has 6 heteroatoms. The van der Waals surface area contributed by atoms with Crippen LogP contribution in [0.4, 0.5) is 0 Å². The van der Waals surface area contributed by atoms with E-state index in [9.17, 15) is 9.59 Å². The lowest BCUT2D eigenvalue weighted by atomic mass is 9.91. The number of hydrogen-bond acceptors (Lipinski definition) is 4. The molecule has 2 heterocycles. The zero-order valence-electron chi connectivity index (χ0n) is 13.8. The summed E-state index contributed by atoms with van der Waals surface area (Å²) in [5.74, 6) is 0.270. The second kappa shape index (κ2) is 8.06. The van der Waals surface area contributed by atoms with E-state index >= 15 is 0 Å². The van der Waals surface area contributed by atoms with Gasteiger partial charge in [0.15, 0.2) is 0 Å². The summed E-state index contributed by atoms with van der Waals surface area (Å²) >= 11 is 0. The summed E-state index contributed by atoms with van der Waals surface area (Å²) in [7, 11) is 0. The largest absolute Gasteiger partial charge is 0.350 e. The molecule has 0 saturated carbocycles. The van der Waals surface area contributed by atoms with E-state index in [0.717, 1.165) is 19.6 Å². The summed E-state index contributed by atoms with van der Waals surface area (Å²) in [5, 5.41) is 6.73. The summed E-state index contributed by atoms with van der Waals surface area (Å²) in [4.78, 5) is 25.5. The molecule has 1 fully saturated rings. The number of benzene rings is 1. The fourth-order valence-electron chi connectivity index (χ4n) is 3.32. The molecule has 0 aromatic heterocycles. The third kappa shape index (κ3) is 4.41. The molecule has 24 heavy (non-hydrogen) atoms. The molecule has 1 unspecified atom stereocenters. The number of piperidine rings is 1. The van der Waals surface area contributed by atoms with Gasteiger partial charge in [-0.15, -0.1) is 0 Å². The van der Waals surface area contributed by atoms with E-state index in [0.29, 0.717) is 31.0 Å². The minimum absolute atomic E-state index is 0.133. The van der Waals surface area contributed by atoms with Crippen LogP contribution in [0.1, 0.15) is 37.2 Å². The van der Waals surface area contributed by atoms with Crippen molar-refractivity contribution in [3.63, 3.8) is 0 Å². The van der Waals surface area contributed by atoms with E-state index < -0.39 is 0 Å². The molecule has 2 amide bonds. The first-order chi connectivity index (χ1) is 11.7. The molecule has 0 bridgehead atoms. The third-order valence-electron chi connectivity index (χ3n) is 4.66. The van der Waals surface area contributed by atoms with Crippen LogP contribution in [-0.4, -0.2) is 48.6 Å². The van der Waals surface area contributed by atoms with Crippen LogP contribution >= 0.6 is 0 Å². The highest BCUT2D eigenvalue weighted by Gasteiger charge is 2.22. The standard InChI is InChI=1S/C18H24N4O2/c23-17-9-8-16(20-21-17)18(24)19-10-12-22-11-4-7-15(13-22)14-5-2-1-3-6-14/h1-3,5-6,15H,4,7-13H2,(H,19,24)(H,21,23). The lowest BCUT2D eigenvalue weighted by molar-refractivity contribution is -0.121. The maximum atomic E-state index is 12.0. The molecule has 2 N–H and O–H groups in total. The van der Waals surface area contributed by atoms with Gasteiger partial charge in [-0.3, -0.25) is 9.59 Å². The Bertz CT molecular complexity index is 615. The normalized spacial score (nSPS) is 21.8. The number of rotatable bonds is 5. The fourth-order valence-corrected chi connectivity index (χ4v) is 3.32. The quantitative estimate of drug-likeness (QED) is 0.854. The molecule has 6 nitrogen and oxygen atoms in total. The third-order valence-corrected chi connectivity index (χ3v) is 4.66. The van der Waals surface area contributed by atoms with Gasteiger partial charge in [-0.25, -0.2) is 5.43 Å². The monoisotopic (exact) mass is 328 g/mol. The predicted molar refractivity (Wildman–Crippen MR) is 92.7 cm³/mol. The highest BCUT2D eigenvalue weighted by Crippen LogP contribution is 2.26. The molecule has 3 rings (SSSR count). The number of hydrazone groups is 1. The van der Waals surface area contributed by atoms with E-state index in [-0.39, 0.29) is 11.8 Å². The number of nitrogens with one attached hydrogen (secondary N) is 2. The van der Waals surface area contributed by atoms with Gasteiger partial charge in [-0.1, -0.05) is 30.3 Å². The number of amides is 2. The fraction of sp³-hybridized carbons (Fsp3) is 0.500. The van der Waals surface area contributed by atoms with Crippen molar-refractivity contribution in [2.75, 3.05) is 26.2 Å². The number of nitrogens with zero attached hydrogens (tertiary/aromatic N) is 2. The van der Waals surface area contributed by atoms with Gasteiger partial charge in [0, 0.05) is 32.5 Å². The smallest absolute Gasteiger partial charge is 0.267 e. The molecule has 0 spiro atoms. The van der Waals surface area contributed by atoms with Crippen LogP contribution in [0, 0.1) is 0 Å². The summed E-state index contributed by atoms with van der Waals surface area (Å²) in [6.07, 6.45) is 3.16. The van der Waals surface area contributed by atoms with Crippen LogP contribution in [0.3, 0.4) is 0 Å². The SMILES string of the molecule is O=C1CCC(C(=O)NCCN2CCCC(c3ccccc3)C2)=NN1. The Morgan fingerprint density at radius 3 is 2.88 bits per heavy atom. The Kier molecular flexibility index (Phi) is 5.59. The zero-order valence-corrected chi connectivity index (χ0v) is 13.8. The Morgan fingerprint density at radius 2 is 2.12 bits per heavy atom. The molecule has 2 aliphatic heterocycles. The van der Waals surface area contributed by atoms with Crippen molar-refractivity contribution in [3.8, 4) is 0 Å². The Balaban J connectivity index is 1.43. The minimum Gasteiger partial charge on any atom is -0.350 e. The maximum absolute atomic E-state index is 12.0. The van der Waals surface area contributed by atoms with Crippen molar-refractivity contribution >= 4 is 17.5 Å². The van der Waals surface area contributed by atoms with Crippen molar-refractivity contribution in [3.05, 3.63) is 35.9 Å². The van der Waals surface area contributed by atoms with Gasteiger partial charge in [0.1, 0.15) is 5.71 Å². The zero-order chi connectivity index (χ0) is 16.8. The second-order valence-electron chi connectivity index (χ2n) is 6.40. The van der Waals surface area contributed by atoms with Gasteiger partial charge >= 0.3 is 0 Å². The summed E-state index contributed by atoms with van der Waals surface area (Å²) in [6, 6.07) is 10.6. The van der Waals surface area contributed by atoms with Gasteiger partial charge < -0.3 is 10.2 Å². The van der Waals surface area contributed by atoms with E-state index in [1.165, 1.54) is 18.4 Å². The van der Waals surface area contributed by atoms with Crippen molar-refractivity contribution in [1.29, 1.82) is 0 Å². The van der Waals surface area contributed by atoms with Crippen LogP contribution in [-0.2, 0) is 9.59 Å². The number of carbonyl (C=O) groups is 2. The van der Waals surface area contributed by atoms with Crippen molar-refractivity contribution < 1.29 is 9.59 Å². The highest BCUT2D eigenvalue weighted by molar-refractivity contribution is 6.39. The number of likely N-dealkylation sites (tertiary alicyclic amines) is 1. The first kappa shape index (κ1) is 16.6. The Morgan fingerprint density at radius 1 is 1.29 bits per heavy atom. The Labute approximate surface area is 142 Å². The van der Waals surface area contributed by atoms with E-state index in [2.05, 4.69) is 51.1 Å². The van der Waals surface area contributed by atoms with Crippen molar-refractivity contribution in [1.82, 2.24) is 15.6 Å². The molecule has 2 aliphatic rings. The van der Waals surface area contributed by atoms with Crippen LogP contribution in [0.5, 0.6) is 0 Å². The molecule has 128 valence electrons. The van der Waals surface area contributed by atoms with Gasteiger partial charge in [0.2, 0.25) is 5.91 Å². The number of hydrogen-bond donors (Lipinski definition) is 2. The first-order valence-corrected chi connectivity index (χ1v) is 8.63. The molecule has 1 aromatic carbocycles. The average Bonchev–Trinajstić information content (AvgIpc) is 2.63. The maximum Gasteiger partial charge on any atom is 0.267 e. The lowest BCUT2D eigenvalue weighted by Gasteiger charge is -2.33. The average molecular weight is 328 g/mol. The molecule has 1 aromatic rings. The molecular weight excluding hydrogens is 304 g/mol. The molecular formula is C18H24N4O2. The summed E-state index contributed by atoms with van der Waals surface area (Å²) < 4.78 is 0. The molecule has 1 saturated heterocycles. The number of carbonyl (C=O) groups excluding carboxylic acids is 2. The lowest BCUT2D eigenvalue weighted by Crippen LogP contribution is -2.42. The van der Waals surface area contributed by atoms with Crippen LogP contribution in [0.25, 0.3) is 0 Å². The van der Waals surface area contributed by atoms with Crippen molar-refractivity contribution in [2.24, 2.45) is 5.10 Å². The van der Waals surface area contributed by atoms with E-state index in [1.807, 2.05) is 0 Å². The van der Waals surface area contributed by atoms with Gasteiger partial charge in [0.25, 0.3) is 5.91 Å². The van der Waals surface area contributed by atoms with Gasteiger partial charge in [0.05, 0.1) is 0 Å². The van der Waals surface area contributed by atoms with Gasteiger partial charge in [-0.05, 0) is 30.9 Å². The van der Waals surface area contributed by atoms with E-state index in [1.54, 1.807) is 0 Å². The van der Waals surface area contributed by atoms with Gasteiger partial charge in [-0.2, -0.15) is 5.10 Å². The molecule has 0 radical (unpaired) electrons. The minimum atomic E-state index is -0.174. The second-order valence-corrected chi connectivity index (χ2v) is 6.40. The summed E-state index contributed by atoms with van der Waals surface area (Å²) in [5.41, 5.74) is 4.17. The van der Waals surface area contributed by atoms with Crippen LogP contribution < -0.4 is 10.7 Å². The Hall–Kier alpha value is -2.21. The summed E-state index contributed by atoms with van der Waals surface area (Å²) in [6.45, 7) is 3.56. The van der Waals surface area contributed by atoms with Crippen molar-refractivity contribution in [2.45, 2.75) is 31.6 Å². The van der Waals surface area contributed by atoms with Crippen LogP contribution in [0.15, 0.2) is 35.4 Å². The topological polar surface area (TPSA) is 73.8 Å². The first-order valence-electron chi connectivity index (χ1n) is 8.63. The highest BCUT2D eigenvalue weighted by atomic mass is 16.2. The van der Waals surface area contributed by atoms with Crippen LogP contribution in [0.2, 0.25) is 0 Å². The molecule has 1 atom stereocenters. The molecule has 0 aliphatic carbocycles. The van der Waals surface area contributed by atoms with E-state index in [4.69, 9.17) is 0 Å². The predicted octanol–water partition coefficient (Wildman–Crippen LogP) is 1.25.